The molecule has 0 bridgehead atoms. The van der Waals surface area contributed by atoms with Crippen LogP contribution >= 0.6 is 0 Å². The predicted octanol–water partition coefficient (Wildman–Crippen LogP) is 4.33. The zero-order valence-electron chi connectivity index (χ0n) is 22.1. The summed E-state index contributed by atoms with van der Waals surface area (Å²) in [6.07, 6.45) is 5.73. The van der Waals surface area contributed by atoms with Crippen LogP contribution in [-0.2, 0) is 23.9 Å². The third-order valence-electron chi connectivity index (χ3n) is 8.98. The predicted molar refractivity (Wildman–Crippen MR) is 140 cm³/mol. The summed E-state index contributed by atoms with van der Waals surface area (Å²) in [5.74, 6) is -1.72. The molecule has 1 aliphatic heterocycles. The lowest BCUT2D eigenvalue weighted by Gasteiger charge is -2.58. The molecule has 2 aliphatic carbocycles. The van der Waals surface area contributed by atoms with Crippen LogP contribution < -0.4 is 4.74 Å². The summed E-state index contributed by atoms with van der Waals surface area (Å²) in [6, 6.07) is 7.18. The van der Waals surface area contributed by atoms with Gasteiger partial charge in [0.25, 0.3) is 0 Å². The van der Waals surface area contributed by atoms with Gasteiger partial charge in [-0.25, -0.2) is 9.59 Å². The van der Waals surface area contributed by atoms with E-state index >= 15 is 0 Å². The molecule has 1 saturated heterocycles. The molecular formula is C30H36O8. The van der Waals surface area contributed by atoms with Crippen LogP contribution in [0.4, 0.5) is 0 Å². The molecule has 0 spiro atoms. The normalized spacial score (nSPS) is 34.2. The number of ether oxygens (including phenoxy) is 3. The highest BCUT2D eigenvalue weighted by molar-refractivity contribution is 5.93. The van der Waals surface area contributed by atoms with Gasteiger partial charge in [0.05, 0.1) is 24.2 Å². The number of hydrogen-bond acceptors (Lipinski definition) is 7. The highest BCUT2D eigenvalue weighted by Gasteiger charge is 2.61. The van der Waals surface area contributed by atoms with E-state index in [1.165, 1.54) is 6.08 Å². The fraction of sp³-hybridized carbons (Fsp3) is 0.500. The molecule has 204 valence electrons. The third-order valence-corrected chi connectivity index (χ3v) is 8.98. The smallest absolute Gasteiger partial charge is 0.337 e. The molecule has 1 aromatic carbocycles. The van der Waals surface area contributed by atoms with E-state index in [9.17, 15) is 24.6 Å². The maximum absolute atomic E-state index is 12.5. The van der Waals surface area contributed by atoms with Gasteiger partial charge in [0.2, 0.25) is 0 Å². The van der Waals surface area contributed by atoms with E-state index < -0.39 is 40.9 Å². The van der Waals surface area contributed by atoms with E-state index in [0.29, 0.717) is 37.9 Å². The number of aliphatic hydroxyl groups excluding tert-OH is 1. The van der Waals surface area contributed by atoms with Crippen molar-refractivity contribution in [2.24, 2.45) is 22.7 Å². The molecule has 38 heavy (non-hydrogen) atoms. The molecule has 0 radical (unpaired) electrons. The van der Waals surface area contributed by atoms with E-state index in [1.807, 2.05) is 0 Å². The van der Waals surface area contributed by atoms with Crippen molar-refractivity contribution in [2.45, 2.75) is 58.2 Å². The van der Waals surface area contributed by atoms with Gasteiger partial charge in [-0.15, -0.1) is 0 Å². The minimum absolute atomic E-state index is 0.0540. The van der Waals surface area contributed by atoms with Gasteiger partial charge < -0.3 is 24.4 Å². The van der Waals surface area contributed by atoms with Crippen LogP contribution in [-0.4, -0.2) is 54.0 Å². The maximum Gasteiger partial charge on any atom is 0.337 e. The first-order valence-electron chi connectivity index (χ1n) is 13.0. The highest BCUT2D eigenvalue weighted by Crippen LogP contribution is 2.62. The topological polar surface area (TPSA) is 119 Å². The molecule has 1 aromatic rings. The first-order valence-corrected chi connectivity index (χ1v) is 13.0. The first kappa shape index (κ1) is 27.6. The quantitative estimate of drug-likeness (QED) is 0.307. The van der Waals surface area contributed by atoms with Gasteiger partial charge in [0.15, 0.2) is 6.10 Å². The number of carbonyl (C=O) groups is 3. The van der Waals surface area contributed by atoms with E-state index in [4.69, 9.17) is 14.2 Å². The van der Waals surface area contributed by atoms with E-state index in [0.717, 1.165) is 11.1 Å². The molecule has 0 aromatic heterocycles. The molecule has 8 nitrogen and oxygen atoms in total. The molecule has 8 heteroatoms. The Morgan fingerprint density at radius 1 is 1.21 bits per heavy atom. The molecule has 4 rings (SSSR count). The van der Waals surface area contributed by atoms with Gasteiger partial charge in [-0.2, -0.15) is 0 Å². The number of carboxylic acid groups (broad SMARTS) is 1. The first-order chi connectivity index (χ1) is 18.0. The van der Waals surface area contributed by atoms with Crippen LogP contribution in [0.1, 0.15) is 51.5 Å². The van der Waals surface area contributed by atoms with Crippen LogP contribution in [0.3, 0.4) is 0 Å². The Morgan fingerprint density at radius 3 is 2.58 bits per heavy atom. The van der Waals surface area contributed by atoms with Crippen molar-refractivity contribution in [3.05, 3.63) is 59.7 Å². The van der Waals surface area contributed by atoms with Gasteiger partial charge in [-0.05, 0) is 80.1 Å². The van der Waals surface area contributed by atoms with Crippen LogP contribution in [0.25, 0.3) is 6.08 Å². The number of carbonyl (C=O) groups excluding carboxylic acids is 2. The standard InChI is InChI=1S/C30H36O8/c1-18-5-13-24-29(2,16-15-25(31)30(24,3)28(34)35)22(18)12-11-21-23(17-37-27(21)33)38-26(32)14-8-19-6-9-20(36-4)10-7-19/h6-11,14,22-25,31H,1,5,12-13,15-17H2,2-4H3,(H,34,35)/b14-8+,21-11+/t22-,23-,24+,25-,29+,30+/m1/s1. The second kappa shape index (κ2) is 10.8. The summed E-state index contributed by atoms with van der Waals surface area (Å²) in [4.78, 5) is 37.3. The summed E-state index contributed by atoms with van der Waals surface area (Å²) < 4.78 is 15.9. The zero-order chi connectivity index (χ0) is 27.7. The number of methoxy groups -OCH3 is 1. The summed E-state index contributed by atoms with van der Waals surface area (Å²) >= 11 is 0. The molecule has 2 N–H and O–H groups in total. The van der Waals surface area contributed by atoms with Crippen molar-refractivity contribution in [1.82, 2.24) is 0 Å². The average molecular weight is 525 g/mol. The number of allylic oxidation sites excluding steroid dienone is 2. The monoisotopic (exact) mass is 524 g/mol. The fourth-order valence-electron chi connectivity index (χ4n) is 6.66. The van der Waals surface area contributed by atoms with Crippen molar-refractivity contribution in [1.29, 1.82) is 0 Å². The molecule has 0 unspecified atom stereocenters. The lowest BCUT2D eigenvalue weighted by molar-refractivity contribution is -0.182. The summed E-state index contributed by atoms with van der Waals surface area (Å²) in [5.41, 5.74) is 0.425. The van der Waals surface area contributed by atoms with Crippen LogP contribution in [0, 0.1) is 22.7 Å². The second-order valence-corrected chi connectivity index (χ2v) is 11.0. The number of benzene rings is 1. The third kappa shape index (κ3) is 5.01. The van der Waals surface area contributed by atoms with E-state index in [1.54, 1.807) is 50.5 Å². The van der Waals surface area contributed by atoms with Crippen molar-refractivity contribution in [3.63, 3.8) is 0 Å². The Bertz CT molecular complexity index is 1170. The van der Waals surface area contributed by atoms with Gasteiger partial charge in [0.1, 0.15) is 12.4 Å². The number of aliphatic hydroxyl groups is 1. The molecule has 2 saturated carbocycles. The number of fused-ring (bicyclic) bond motifs is 1. The Kier molecular flexibility index (Phi) is 7.83. The van der Waals surface area contributed by atoms with Crippen LogP contribution in [0.15, 0.2) is 54.1 Å². The Labute approximate surface area is 223 Å². The van der Waals surface area contributed by atoms with E-state index in [-0.39, 0.29) is 24.0 Å². The number of hydrogen-bond donors (Lipinski definition) is 2. The molecule has 3 fully saturated rings. The Morgan fingerprint density at radius 2 is 1.92 bits per heavy atom. The summed E-state index contributed by atoms with van der Waals surface area (Å²) in [6.45, 7) is 7.95. The van der Waals surface area contributed by atoms with Crippen molar-refractivity contribution < 1.29 is 38.8 Å². The number of esters is 2. The summed E-state index contributed by atoms with van der Waals surface area (Å²) in [7, 11) is 1.58. The molecule has 6 atom stereocenters. The Hall–Kier alpha value is -3.39. The number of carboxylic acids is 1. The van der Waals surface area contributed by atoms with Crippen molar-refractivity contribution in [3.8, 4) is 5.75 Å². The van der Waals surface area contributed by atoms with Crippen molar-refractivity contribution in [2.75, 3.05) is 13.7 Å². The van der Waals surface area contributed by atoms with Gasteiger partial charge in [0, 0.05) is 6.08 Å². The minimum atomic E-state index is -1.25. The molecule has 0 amide bonds. The number of rotatable bonds is 7. The number of cyclic esters (lactones) is 1. The molecule has 3 aliphatic rings. The van der Waals surface area contributed by atoms with Gasteiger partial charge >= 0.3 is 17.9 Å². The van der Waals surface area contributed by atoms with Crippen LogP contribution in [0.2, 0.25) is 0 Å². The van der Waals surface area contributed by atoms with Gasteiger partial charge in [-0.3, -0.25) is 4.79 Å². The number of aliphatic carboxylic acids is 1. The van der Waals surface area contributed by atoms with Crippen molar-refractivity contribution >= 4 is 24.0 Å². The lowest BCUT2D eigenvalue weighted by atomic mass is 9.46. The maximum atomic E-state index is 12.5. The molecule has 1 heterocycles. The lowest BCUT2D eigenvalue weighted by Crippen LogP contribution is -2.59. The summed E-state index contributed by atoms with van der Waals surface area (Å²) in [5, 5.41) is 20.7. The average Bonchev–Trinajstić information content (AvgIpc) is 3.23. The SMILES string of the molecule is C=C1CC[C@H]2[C@@](C)(CC[C@@H](O)[C@@]2(C)C(=O)O)[C@@H]1C/C=C1/C(=O)OC[C@H]1OC(=O)/C=C/c1ccc(OC)cc1. The molecular weight excluding hydrogens is 488 g/mol. The second-order valence-electron chi connectivity index (χ2n) is 11.0. The van der Waals surface area contributed by atoms with Crippen LogP contribution in [0.5, 0.6) is 5.75 Å². The fourth-order valence-corrected chi connectivity index (χ4v) is 6.66. The Balaban J connectivity index is 1.49. The highest BCUT2D eigenvalue weighted by atomic mass is 16.6. The van der Waals surface area contributed by atoms with Gasteiger partial charge in [-0.1, -0.05) is 37.3 Å². The zero-order valence-corrected chi connectivity index (χ0v) is 22.1. The van der Waals surface area contributed by atoms with E-state index in [2.05, 4.69) is 13.5 Å². The largest absolute Gasteiger partial charge is 0.497 e. The minimum Gasteiger partial charge on any atom is -0.497 e.